The van der Waals surface area contributed by atoms with Gasteiger partial charge in [0.25, 0.3) is 0 Å². The highest BCUT2D eigenvalue weighted by Gasteiger charge is 2.42. The number of carbonyl (C=O) groups is 1. The predicted molar refractivity (Wildman–Crippen MR) is 85.8 cm³/mol. The topological polar surface area (TPSA) is 79.2 Å². The second-order valence-corrected chi connectivity index (χ2v) is 6.61. The fraction of sp³-hybridized carbons (Fsp3) is 0.750. The van der Waals surface area contributed by atoms with Crippen molar-refractivity contribution in [3.05, 3.63) is 17.0 Å². The minimum atomic E-state index is -0.486. The fourth-order valence-electron chi connectivity index (χ4n) is 2.94. The van der Waals surface area contributed by atoms with Crippen molar-refractivity contribution < 1.29 is 9.90 Å². The Bertz CT molecular complexity index is 536. The van der Waals surface area contributed by atoms with Crippen LogP contribution in [0.2, 0.25) is 0 Å². The quantitative estimate of drug-likeness (QED) is 0.667. The van der Waals surface area contributed by atoms with Crippen LogP contribution in [-0.2, 0) is 13.5 Å². The average molecular weight is 308 g/mol. The molecule has 0 aromatic carbocycles. The Balaban J connectivity index is 1.73. The lowest BCUT2D eigenvalue weighted by Gasteiger charge is -2.28. The Morgan fingerprint density at radius 1 is 1.45 bits per heavy atom. The maximum absolute atomic E-state index is 11.9. The van der Waals surface area contributed by atoms with E-state index in [2.05, 4.69) is 22.7 Å². The van der Waals surface area contributed by atoms with E-state index in [1.165, 1.54) is 11.3 Å². The second-order valence-electron chi connectivity index (χ2n) is 6.61. The van der Waals surface area contributed by atoms with E-state index in [-0.39, 0.29) is 12.6 Å². The Morgan fingerprint density at radius 3 is 2.64 bits per heavy atom. The molecule has 3 N–H and O–H groups in total. The molecule has 0 spiro atoms. The number of nitrogens with zero attached hydrogens (tertiary/aromatic N) is 2. The van der Waals surface area contributed by atoms with Gasteiger partial charge in [0, 0.05) is 19.3 Å². The van der Waals surface area contributed by atoms with E-state index >= 15 is 0 Å². The summed E-state index contributed by atoms with van der Waals surface area (Å²) in [6.07, 6.45) is 3.94. The van der Waals surface area contributed by atoms with E-state index in [1.54, 1.807) is 0 Å². The average Bonchev–Trinajstić information content (AvgIpc) is 3.27. The van der Waals surface area contributed by atoms with Crippen LogP contribution in [0.5, 0.6) is 0 Å². The number of rotatable bonds is 7. The summed E-state index contributed by atoms with van der Waals surface area (Å²) in [7, 11) is 1.95. The van der Waals surface area contributed by atoms with Crippen molar-refractivity contribution in [3.8, 4) is 0 Å². The van der Waals surface area contributed by atoms with E-state index < -0.39 is 5.54 Å². The molecule has 1 saturated carbocycles. The van der Waals surface area contributed by atoms with Crippen molar-refractivity contribution in [1.29, 1.82) is 0 Å². The number of urea groups is 1. The molecular formula is C16H28N4O2. The summed E-state index contributed by atoms with van der Waals surface area (Å²) in [6, 6.07) is -0.192. The molecule has 0 radical (unpaired) electrons. The molecule has 0 aliphatic heterocycles. The molecule has 1 unspecified atom stereocenters. The molecule has 1 aliphatic carbocycles. The SMILES string of the molecule is Cc1nn(C)c(C)c1CCCNC(=O)NC(C)(CO)C1CC1. The number of nitrogens with one attached hydrogen (secondary N) is 2. The number of aliphatic hydroxyl groups excluding tert-OH is 1. The van der Waals surface area contributed by atoms with E-state index in [9.17, 15) is 9.90 Å². The van der Waals surface area contributed by atoms with E-state index in [1.807, 2.05) is 25.6 Å². The summed E-state index contributed by atoms with van der Waals surface area (Å²) in [5, 5.41) is 19.7. The summed E-state index contributed by atoms with van der Waals surface area (Å²) in [5.74, 6) is 0.406. The van der Waals surface area contributed by atoms with Crippen LogP contribution in [0, 0.1) is 19.8 Å². The first-order valence-electron chi connectivity index (χ1n) is 8.03. The molecule has 0 saturated heterocycles. The van der Waals surface area contributed by atoms with E-state index in [0.717, 1.165) is 31.4 Å². The van der Waals surface area contributed by atoms with Gasteiger partial charge in [-0.2, -0.15) is 5.10 Å². The Labute approximate surface area is 132 Å². The van der Waals surface area contributed by atoms with Gasteiger partial charge >= 0.3 is 6.03 Å². The first-order chi connectivity index (χ1) is 10.4. The van der Waals surface area contributed by atoms with Crippen LogP contribution in [0.1, 0.15) is 43.1 Å². The lowest BCUT2D eigenvalue weighted by Crippen LogP contribution is -2.54. The first-order valence-corrected chi connectivity index (χ1v) is 8.03. The van der Waals surface area contributed by atoms with Gasteiger partial charge < -0.3 is 15.7 Å². The first kappa shape index (κ1) is 16.8. The van der Waals surface area contributed by atoms with Gasteiger partial charge in [0.1, 0.15) is 0 Å². The van der Waals surface area contributed by atoms with Crippen LogP contribution in [0.15, 0.2) is 0 Å². The van der Waals surface area contributed by atoms with Crippen LogP contribution in [0.3, 0.4) is 0 Å². The van der Waals surface area contributed by atoms with Crippen molar-refractivity contribution in [2.24, 2.45) is 13.0 Å². The van der Waals surface area contributed by atoms with Gasteiger partial charge in [-0.1, -0.05) is 0 Å². The number of aryl methyl sites for hydroxylation is 2. The minimum Gasteiger partial charge on any atom is -0.394 e. The summed E-state index contributed by atoms with van der Waals surface area (Å²) in [5.41, 5.74) is 3.03. The van der Waals surface area contributed by atoms with Gasteiger partial charge in [-0.3, -0.25) is 4.68 Å². The highest BCUT2D eigenvalue weighted by Crippen LogP contribution is 2.39. The molecule has 2 rings (SSSR count). The molecule has 1 atom stereocenters. The molecule has 1 fully saturated rings. The van der Waals surface area contributed by atoms with Crippen molar-refractivity contribution in [2.75, 3.05) is 13.2 Å². The highest BCUT2D eigenvalue weighted by molar-refractivity contribution is 5.74. The summed E-state index contributed by atoms with van der Waals surface area (Å²) >= 11 is 0. The molecule has 0 bridgehead atoms. The zero-order chi connectivity index (χ0) is 16.3. The lowest BCUT2D eigenvalue weighted by atomic mass is 9.97. The Kier molecular flexibility index (Phi) is 5.11. The standard InChI is InChI=1S/C16H28N4O2/c1-11-14(12(2)20(4)19-11)6-5-9-17-15(22)18-16(3,10-21)13-7-8-13/h13,21H,5-10H2,1-4H3,(H2,17,18,22). The molecule has 6 nitrogen and oxygen atoms in total. The Hall–Kier alpha value is -1.56. The molecule has 1 aromatic rings. The van der Waals surface area contributed by atoms with Gasteiger partial charge in [0.15, 0.2) is 0 Å². The predicted octanol–water partition coefficient (Wildman–Crippen LogP) is 1.43. The molecule has 22 heavy (non-hydrogen) atoms. The number of hydrogen-bond acceptors (Lipinski definition) is 3. The largest absolute Gasteiger partial charge is 0.394 e. The van der Waals surface area contributed by atoms with Crippen LogP contribution in [-0.4, -0.2) is 39.6 Å². The van der Waals surface area contributed by atoms with Crippen LogP contribution in [0.4, 0.5) is 4.79 Å². The molecule has 124 valence electrons. The van der Waals surface area contributed by atoms with Gasteiger partial charge in [-0.25, -0.2) is 4.79 Å². The number of hydrogen-bond donors (Lipinski definition) is 3. The summed E-state index contributed by atoms with van der Waals surface area (Å²) in [4.78, 5) is 11.9. The van der Waals surface area contributed by atoms with Gasteiger partial charge in [-0.05, 0) is 57.9 Å². The summed E-state index contributed by atoms with van der Waals surface area (Å²) in [6.45, 7) is 6.60. The fourth-order valence-corrected chi connectivity index (χ4v) is 2.94. The maximum Gasteiger partial charge on any atom is 0.315 e. The third kappa shape index (κ3) is 3.80. The van der Waals surface area contributed by atoms with Gasteiger partial charge in [0.2, 0.25) is 0 Å². The van der Waals surface area contributed by atoms with Crippen molar-refractivity contribution in [1.82, 2.24) is 20.4 Å². The molecule has 1 aromatic heterocycles. The number of carbonyl (C=O) groups excluding carboxylic acids is 1. The molecule has 2 amide bonds. The normalized spacial score (nSPS) is 17.1. The number of aliphatic hydroxyl groups is 1. The smallest absolute Gasteiger partial charge is 0.315 e. The molecule has 6 heteroatoms. The number of amides is 2. The van der Waals surface area contributed by atoms with E-state index in [4.69, 9.17) is 0 Å². The highest BCUT2D eigenvalue weighted by atomic mass is 16.3. The third-order valence-electron chi connectivity index (χ3n) is 4.75. The van der Waals surface area contributed by atoms with Crippen LogP contribution >= 0.6 is 0 Å². The summed E-state index contributed by atoms with van der Waals surface area (Å²) < 4.78 is 1.90. The van der Waals surface area contributed by atoms with Crippen molar-refractivity contribution in [2.45, 2.75) is 52.0 Å². The van der Waals surface area contributed by atoms with Crippen molar-refractivity contribution >= 4 is 6.03 Å². The van der Waals surface area contributed by atoms with Crippen LogP contribution in [0.25, 0.3) is 0 Å². The van der Waals surface area contributed by atoms with Crippen molar-refractivity contribution in [3.63, 3.8) is 0 Å². The van der Waals surface area contributed by atoms with Crippen LogP contribution < -0.4 is 10.6 Å². The monoisotopic (exact) mass is 308 g/mol. The lowest BCUT2D eigenvalue weighted by molar-refractivity contribution is 0.155. The molecular weight excluding hydrogens is 280 g/mol. The Morgan fingerprint density at radius 2 is 2.14 bits per heavy atom. The van der Waals surface area contributed by atoms with E-state index in [0.29, 0.717) is 12.5 Å². The second kappa shape index (κ2) is 6.69. The molecule has 1 heterocycles. The maximum atomic E-state index is 11.9. The van der Waals surface area contributed by atoms with Gasteiger partial charge in [-0.15, -0.1) is 0 Å². The third-order valence-corrected chi connectivity index (χ3v) is 4.75. The van der Waals surface area contributed by atoms with Gasteiger partial charge in [0.05, 0.1) is 17.8 Å². The zero-order valence-electron chi connectivity index (χ0n) is 14.1. The zero-order valence-corrected chi connectivity index (χ0v) is 14.1. The minimum absolute atomic E-state index is 0.0147. The molecule has 1 aliphatic rings. The number of aromatic nitrogens is 2.